The van der Waals surface area contributed by atoms with Crippen LogP contribution in [0.4, 0.5) is 0 Å². The molecule has 3 heteroatoms. The van der Waals surface area contributed by atoms with Gasteiger partial charge in [0.1, 0.15) is 0 Å². The van der Waals surface area contributed by atoms with Gasteiger partial charge in [0.25, 0.3) is 0 Å². The van der Waals surface area contributed by atoms with Crippen molar-refractivity contribution in [3.05, 3.63) is 42.2 Å². The van der Waals surface area contributed by atoms with Crippen molar-refractivity contribution in [2.45, 2.75) is 65.7 Å². The molecule has 0 radical (unpaired) electrons. The van der Waals surface area contributed by atoms with Gasteiger partial charge in [0.2, 0.25) is 0 Å². The molecule has 0 spiro atoms. The van der Waals surface area contributed by atoms with Crippen molar-refractivity contribution in [2.24, 2.45) is 5.41 Å². The second kappa shape index (κ2) is 8.11. The van der Waals surface area contributed by atoms with Crippen molar-refractivity contribution in [1.29, 1.82) is 0 Å². The fourth-order valence-electron chi connectivity index (χ4n) is 2.87. The molecule has 0 unspecified atom stereocenters. The molecule has 2 rings (SSSR count). The molecule has 0 saturated carbocycles. The Morgan fingerprint density at radius 2 is 1.73 bits per heavy atom. The van der Waals surface area contributed by atoms with E-state index < -0.39 is 0 Å². The van der Waals surface area contributed by atoms with Gasteiger partial charge in [0.05, 0.1) is 18.1 Å². The minimum absolute atomic E-state index is 0.507. The summed E-state index contributed by atoms with van der Waals surface area (Å²) < 4.78 is 1.79. The first-order chi connectivity index (χ1) is 10.6. The molecular formula is C19H29N3. The van der Waals surface area contributed by atoms with Gasteiger partial charge in [-0.15, -0.1) is 5.10 Å². The molecule has 0 fully saturated rings. The Kier molecular flexibility index (Phi) is 6.17. The zero-order valence-corrected chi connectivity index (χ0v) is 14.3. The van der Waals surface area contributed by atoms with E-state index in [2.05, 4.69) is 55.3 Å². The van der Waals surface area contributed by atoms with Crippen LogP contribution >= 0.6 is 0 Å². The lowest BCUT2D eigenvalue weighted by atomic mass is 9.82. The molecular weight excluding hydrogens is 270 g/mol. The zero-order chi connectivity index (χ0) is 15.8. The minimum atomic E-state index is 0.507. The van der Waals surface area contributed by atoms with Gasteiger partial charge >= 0.3 is 0 Å². The summed E-state index contributed by atoms with van der Waals surface area (Å²) in [6.45, 7) is 7.10. The molecule has 0 bridgehead atoms. The summed E-state index contributed by atoms with van der Waals surface area (Å²) in [5, 5.41) is 7.85. The molecule has 0 N–H and O–H groups in total. The Morgan fingerprint density at radius 1 is 1.00 bits per heavy atom. The van der Waals surface area contributed by atoms with Crippen molar-refractivity contribution in [2.75, 3.05) is 0 Å². The summed E-state index contributed by atoms with van der Waals surface area (Å²) in [7, 11) is 0. The van der Waals surface area contributed by atoms with Gasteiger partial charge in [-0.25, -0.2) is 4.68 Å². The Balaban J connectivity index is 1.73. The second-order valence-corrected chi connectivity index (χ2v) is 6.99. The molecule has 120 valence electrons. The molecule has 1 aromatic carbocycles. The SMILES string of the molecule is CCCCC(C)(C)CCCCc1ccc(-n2ccnn2)cc1. The van der Waals surface area contributed by atoms with Crippen LogP contribution in [0.25, 0.3) is 5.69 Å². The third-order valence-electron chi connectivity index (χ3n) is 4.40. The van der Waals surface area contributed by atoms with Gasteiger partial charge in [-0.05, 0) is 48.8 Å². The summed E-state index contributed by atoms with van der Waals surface area (Å²) >= 11 is 0. The summed E-state index contributed by atoms with van der Waals surface area (Å²) in [4.78, 5) is 0. The standard InChI is InChI=1S/C19H29N3/c1-4-5-13-19(2,3)14-7-6-8-17-9-11-18(12-10-17)22-16-15-20-21-22/h9-12,15-16H,4-8,13-14H2,1-3H3. The van der Waals surface area contributed by atoms with Gasteiger partial charge in [-0.1, -0.05) is 57.4 Å². The number of unbranched alkanes of at least 4 members (excludes halogenated alkanes) is 2. The molecule has 0 aliphatic carbocycles. The van der Waals surface area contributed by atoms with Crippen LogP contribution in [0.1, 0.15) is 64.9 Å². The van der Waals surface area contributed by atoms with Crippen LogP contribution in [0.5, 0.6) is 0 Å². The van der Waals surface area contributed by atoms with E-state index in [0.717, 1.165) is 5.69 Å². The zero-order valence-electron chi connectivity index (χ0n) is 14.3. The highest BCUT2D eigenvalue weighted by atomic mass is 15.4. The molecule has 0 atom stereocenters. The number of aryl methyl sites for hydroxylation is 1. The largest absolute Gasteiger partial charge is 0.221 e. The highest BCUT2D eigenvalue weighted by molar-refractivity contribution is 5.33. The molecule has 2 aromatic rings. The Morgan fingerprint density at radius 3 is 2.36 bits per heavy atom. The van der Waals surface area contributed by atoms with Crippen molar-refractivity contribution < 1.29 is 0 Å². The van der Waals surface area contributed by atoms with Crippen molar-refractivity contribution in [1.82, 2.24) is 15.0 Å². The van der Waals surface area contributed by atoms with Crippen molar-refractivity contribution >= 4 is 0 Å². The predicted octanol–water partition coefficient (Wildman–Crippen LogP) is 5.20. The van der Waals surface area contributed by atoms with Crippen LogP contribution in [-0.2, 0) is 6.42 Å². The predicted molar refractivity (Wildman–Crippen MR) is 92.2 cm³/mol. The topological polar surface area (TPSA) is 30.7 Å². The number of aromatic nitrogens is 3. The number of nitrogens with zero attached hydrogens (tertiary/aromatic N) is 3. The molecule has 0 aliphatic rings. The summed E-state index contributed by atoms with van der Waals surface area (Å²) in [6, 6.07) is 8.66. The number of rotatable bonds is 9. The second-order valence-electron chi connectivity index (χ2n) is 6.99. The van der Waals surface area contributed by atoms with E-state index in [0.29, 0.717) is 5.41 Å². The van der Waals surface area contributed by atoms with E-state index in [1.807, 2.05) is 6.20 Å². The van der Waals surface area contributed by atoms with E-state index in [-0.39, 0.29) is 0 Å². The Bertz CT molecular complexity index is 526. The summed E-state index contributed by atoms with van der Waals surface area (Å²) in [6.07, 6.45) is 12.7. The van der Waals surface area contributed by atoms with Crippen LogP contribution in [0.3, 0.4) is 0 Å². The van der Waals surface area contributed by atoms with Gasteiger partial charge < -0.3 is 0 Å². The van der Waals surface area contributed by atoms with Crippen LogP contribution in [0, 0.1) is 5.41 Å². The molecule has 0 amide bonds. The van der Waals surface area contributed by atoms with Gasteiger partial charge in [0.15, 0.2) is 0 Å². The number of hydrogen-bond donors (Lipinski definition) is 0. The normalized spacial score (nSPS) is 11.8. The monoisotopic (exact) mass is 299 g/mol. The maximum absolute atomic E-state index is 4.01. The number of hydrogen-bond acceptors (Lipinski definition) is 2. The van der Waals surface area contributed by atoms with Crippen LogP contribution in [0.15, 0.2) is 36.7 Å². The fourth-order valence-corrected chi connectivity index (χ4v) is 2.87. The maximum Gasteiger partial charge on any atom is 0.0697 e. The molecule has 1 aromatic heterocycles. The van der Waals surface area contributed by atoms with Gasteiger partial charge in [-0.3, -0.25) is 0 Å². The van der Waals surface area contributed by atoms with Crippen molar-refractivity contribution in [3.63, 3.8) is 0 Å². The first-order valence-corrected chi connectivity index (χ1v) is 8.56. The smallest absolute Gasteiger partial charge is 0.0697 e. The Labute approximate surface area is 134 Å². The average molecular weight is 299 g/mol. The first-order valence-electron chi connectivity index (χ1n) is 8.56. The van der Waals surface area contributed by atoms with Crippen LogP contribution in [0.2, 0.25) is 0 Å². The fraction of sp³-hybridized carbons (Fsp3) is 0.579. The average Bonchev–Trinajstić information content (AvgIpc) is 3.05. The number of benzene rings is 1. The quantitative estimate of drug-likeness (QED) is 0.596. The highest BCUT2D eigenvalue weighted by Gasteiger charge is 2.16. The lowest BCUT2D eigenvalue weighted by Gasteiger charge is -2.24. The maximum atomic E-state index is 4.01. The third-order valence-corrected chi connectivity index (χ3v) is 4.40. The van der Waals surface area contributed by atoms with E-state index in [4.69, 9.17) is 0 Å². The van der Waals surface area contributed by atoms with Crippen molar-refractivity contribution in [3.8, 4) is 5.69 Å². The molecule has 1 heterocycles. The molecule has 0 aliphatic heterocycles. The Hall–Kier alpha value is -1.64. The van der Waals surface area contributed by atoms with E-state index in [9.17, 15) is 0 Å². The van der Waals surface area contributed by atoms with E-state index in [1.165, 1.54) is 50.5 Å². The van der Waals surface area contributed by atoms with Gasteiger partial charge in [0, 0.05) is 0 Å². The molecule has 0 saturated heterocycles. The van der Waals surface area contributed by atoms with E-state index >= 15 is 0 Å². The lowest BCUT2D eigenvalue weighted by molar-refractivity contribution is 0.287. The van der Waals surface area contributed by atoms with E-state index in [1.54, 1.807) is 10.9 Å². The van der Waals surface area contributed by atoms with Crippen LogP contribution in [-0.4, -0.2) is 15.0 Å². The lowest BCUT2D eigenvalue weighted by Crippen LogP contribution is -2.11. The first kappa shape index (κ1) is 16.7. The van der Waals surface area contributed by atoms with Crippen LogP contribution < -0.4 is 0 Å². The molecule has 3 nitrogen and oxygen atoms in total. The highest BCUT2D eigenvalue weighted by Crippen LogP contribution is 2.29. The summed E-state index contributed by atoms with van der Waals surface area (Å²) in [5.41, 5.74) is 2.99. The minimum Gasteiger partial charge on any atom is -0.221 e. The molecule has 22 heavy (non-hydrogen) atoms. The van der Waals surface area contributed by atoms with Gasteiger partial charge in [-0.2, -0.15) is 0 Å². The third kappa shape index (κ3) is 5.28. The summed E-state index contributed by atoms with van der Waals surface area (Å²) in [5.74, 6) is 0.